The Balaban J connectivity index is 0.698. The number of carbonyl (C=O) groups is 3. The minimum Gasteiger partial charge on any atom is -0.384 e. The van der Waals surface area contributed by atoms with Gasteiger partial charge in [0.15, 0.2) is 11.5 Å². The van der Waals surface area contributed by atoms with Gasteiger partial charge >= 0.3 is 0 Å². The average molecular weight is 896 g/mol. The fraction of sp³-hybridized carbons (Fsp3) is 0.449. The molecule has 2 bridgehead atoms. The first kappa shape index (κ1) is 42.2. The number of hydrogen-bond acceptors (Lipinski definition) is 12. The highest BCUT2D eigenvalue weighted by Crippen LogP contribution is 2.44. The van der Waals surface area contributed by atoms with Crippen LogP contribution in [0.5, 0.6) is 0 Å². The molecule has 1 spiro atoms. The maximum absolute atomic E-state index is 15.6. The summed E-state index contributed by atoms with van der Waals surface area (Å²) in [4.78, 5) is 74.1. The number of pyridine rings is 1. The van der Waals surface area contributed by atoms with E-state index in [0.717, 1.165) is 82.7 Å². The van der Waals surface area contributed by atoms with Crippen LogP contribution >= 0.6 is 0 Å². The number of likely N-dealkylation sites (tertiary alicyclic amines) is 1. The first-order chi connectivity index (χ1) is 31.9. The second kappa shape index (κ2) is 16.5. The number of rotatable bonds is 6. The molecule has 4 fully saturated rings. The van der Waals surface area contributed by atoms with Gasteiger partial charge in [-0.15, -0.1) is 0 Å². The van der Waals surface area contributed by atoms with Crippen molar-refractivity contribution < 1.29 is 23.9 Å². The smallest absolute Gasteiger partial charge is 0.278 e. The van der Waals surface area contributed by atoms with E-state index in [4.69, 9.17) is 9.97 Å². The third kappa shape index (κ3) is 7.60. The van der Waals surface area contributed by atoms with Crippen LogP contribution in [0.25, 0.3) is 16.9 Å². The largest absolute Gasteiger partial charge is 0.384 e. The number of fused-ring (bicyclic) bond motifs is 7. The van der Waals surface area contributed by atoms with Crippen LogP contribution in [0.4, 0.5) is 27.4 Å². The molecule has 66 heavy (non-hydrogen) atoms. The number of aromatic nitrogens is 5. The molecule has 9 heterocycles. The molecule has 0 saturated carbocycles. The van der Waals surface area contributed by atoms with Crippen LogP contribution in [0.3, 0.4) is 0 Å². The highest BCUT2D eigenvalue weighted by atomic mass is 19.1. The predicted octanol–water partition coefficient (Wildman–Crippen LogP) is 5.14. The van der Waals surface area contributed by atoms with Crippen molar-refractivity contribution in [1.29, 1.82) is 0 Å². The van der Waals surface area contributed by atoms with Crippen LogP contribution in [0.1, 0.15) is 86.3 Å². The fourth-order valence-corrected chi connectivity index (χ4v) is 11.2. The molecule has 3 amide bonds. The van der Waals surface area contributed by atoms with Gasteiger partial charge in [0.25, 0.3) is 11.5 Å². The molecular weight excluding hydrogens is 842 g/mol. The average Bonchev–Trinajstić information content (AvgIpc) is 3.96. The van der Waals surface area contributed by atoms with Crippen molar-refractivity contribution in [3.8, 4) is 5.82 Å². The van der Waals surface area contributed by atoms with Crippen molar-refractivity contribution in [2.24, 2.45) is 5.41 Å². The molecule has 6 aliphatic heterocycles. The maximum atomic E-state index is 15.6. The molecule has 342 valence electrons. The summed E-state index contributed by atoms with van der Waals surface area (Å²) < 4.78 is 19.0. The number of hydrogen-bond donors (Lipinski definition) is 3. The highest BCUT2D eigenvalue weighted by molar-refractivity contribution is 6.05. The van der Waals surface area contributed by atoms with Gasteiger partial charge in [0.2, 0.25) is 17.8 Å². The Labute approximate surface area is 381 Å². The number of piperidine rings is 3. The summed E-state index contributed by atoms with van der Waals surface area (Å²) in [5.74, 6) is -0.580. The normalized spacial score (nSPS) is 24.1. The number of aliphatic hydroxyl groups is 1. The Morgan fingerprint density at radius 1 is 0.879 bits per heavy atom. The Bertz CT molecular complexity index is 2840. The van der Waals surface area contributed by atoms with Crippen molar-refractivity contribution >= 4 is 51.8 Å². The lowest BCUT2D eigenvalue weighted by atomic mass is 9.77. The molecule has 2 aromatic carbocycles. The molecule has 4 saturated heterocycles. The summed E-state index contributed by atoms with van der Waals surface area (Å²) >= 11 is 0. The maximum Gasteiger partial charge on any atom is 0.278 e. The number of halogens is 1. The Morgan fingerprint density at radius 3 is 2.45 bits per heavy atom. The zero-order valence-corrected chi connectivity index (χ0v) is 37.1. The number of carbonyl (C=O) groups excluding carboxylic acids is 3. The van der Waals surface area contributed by atoms with Crippen molar-refractivity contribution in [3.63, 3.8) is 0 Å². The van der Waals surface area contributed by atoms with E-state index >= 15 is 4.39 Å². The van der Waals surface area contributed by atoms with Gasteiger partial charge in [0, 0.05) is 74.9 Å². The molecule has 2 atom stereocenters. The summed E-state index contributed by atoms with van der Waals surface area (Å²) in [5, 5.41) is 17.2. The predicted molar refractivity (Wildman–Crippen MR) is 246 cm³/mol. The molecule has 1 unspecified atom stereocenters. The van der Waals surface area contributed by atoms with Crippen LogP contribution in [0, 0.1) is 11.2 Å². The molecule has 6 aliphatic rings. The number of nitrogens with zero attached hydrogens (tertiary/aromatic N) is 9. The summed E-state index contributed by atoms with van der Waals surface area (Å²) in [7, 11) is 0. The zero-order valence-electron chi connectivity index (χ0n) is 37.1. The van der Waals surface area contributed by atoms with Gasteiger partial charge in [-0.05, 0) is 124 Å². The van der Waals surface area contributed by atoms with Crippen LogP contribution in [0.15, 0.2) is 77.7 Å². The zero-order chi connectivity index (χ0) is 45.3. The van der Waals surface area contributed by atoms with Gasteiger partial charge < -0.3 is 25.1 Å². The van der Waals surface area contributed by atoms with Crippen LogP contribution < -0.4 is 26.0 Å². The molecular formula is C49H54FN11O5. The number of anilines is 4. The second-order valence-electron chi connectivity index (χ2n) is 19.3. The quantitative estimate of drug-likeness (QED) is 0.152. The lowest BCUT2D eigenvalue weighted by Gasteiger charge is -2.42. The second-order valence-corrected chi connectivity index (χ2v) is 19.3. The lowest BCUT2D eigenvalue weighted by Crippen LogP contribution is -2.52. The van der Waals surface area contributed by atoms with E-state index in [0.29, 0.717) is 70.7 Å². The first-order valence-corrected chi connectivity index (χ1v) is 23.3. The van der Waals surface area contributed by atoms with Gasteiger partial charge in [-0.2, -0.15) is 4.98 Å². The van der Waals surface area contributed by atoms with E-state index in [1.54, 1.807) is 34.6 Å². The van der Waals surface area contributed by atoms with E-state index in [-0.39, 0.29) is 48.0 Å². The van der Waals surface area contributed by atoms with E-state index in [9.17, 15) is 24.3 Å². The van der Waals surface area contributed by atoms with Crippen molar-refractivity contribution in [2.45, 2.75) is 95.5 Å². The summed E-state index contributed by atoms with van der Waals surface area (Å²) in [6.07, 6.45) is 12.3. The Kier molecular flexibility index (Phi) is 10.5. The molecule has 16 nitrogen and oxygen atoms in total. The number of amides is 3. The molecule has 5 aromatic rings. The summed E-state index contributed by atoms with van der Waals surface area (Å²) in [6.45, 7) is 7.74. The number of allylic oxidation sites excluding steroid dienone is 2. The third-order valence-electron chi connectivity index (χ3n) is 15.1. The van der Waals surface area contributed by atoms with E-state index < -0.39 is 17.6 Å². The molecule has 0 aliphatic carbocycles. The molecule has 17 heteroatoms. The van der Waals surface area contributed by atoms with E-state index in [1.807, 2.05) is 36.4 Å². The van der Waals surface area contributed by atoms with E-state index in [1.165, 1.54) is 11.0 Å². The van der Waals surface area contributed by atoms with Gasteiger partial charge in [-0.25, -0.2) is 23.7 Å². The van der Waals surface area contributed by atoms with Gasteiger partial charge in [0.05, 0.1) is 17.9 Å². The Morgan fingerprint density at radius 2 is 1.67 bits per heavy atom. The van der Waals surface area contributed by atoms with Crippen LogP contribution in [-0.2, 0) is 28.3 Å². The minimum absolute atomic E-state index is 0.164. The number of nitrogens with one attached hydrogen (secondary N) is 2. The topological polar surface area (TPSA) is 174 Å². The van der Waals surface area contributed by atoms with Crippen molar-refractivity contribution in [2.75, 3.05) is 54.4 Å². The fourth-order valence-electron chi connectivity index (χ4n) is 11.2. The van der Waals surface area contributed by atoms with Crippen LogP contribution in [-0.4, -0.2) is 108 Å². The first-order valence-electron chi connectivity index (χ1n) is 23.3. The summed E-state index contributed by atoms with van der Waals surface area (Å²) in [5.41, 5.74) is 3.27. The van der Waals surface area contributed by atoms with Crippen molar-refractivity contribution in [1.82, 2.24) is 39.4 Å². The SMILES string of the molecule is C[C@@]1(O)CC/C=C\Cn2c(=O)c3cnc(Nc4ccc(N5CCC(N6CCC7(CCN(c8cc9c(cc8F)CN(C8CCC(=O)NC8=O)C9=O)CC7)C6)CC5)cc4)nc3n2-c2cccc1n2. The van der Waals surface area contributed by atoms with Gasteiger partial charge in [0.1, 0.15) is 22.8 Å². The number of imide groups is 1. The monoisotopic (exact) mass is 895 g/mol. The molecule has 0 radical (unpaired) electrons. The molecule has 11 rings (SSSR count). The summed E-state index contributed by atoms with van der Waals surface area (Å²) in [6, 6.07) is 16.7. The van der Waals surface area contributed by atoms with E-state index in [2.05, 4.69) is 42.5 Å². The van der Waals surface area contributed by atoms with Crippen LogP contribution in [0.2, 0.25) is 0 Å². The standard InChI is InChI=1S/C49H54FN11O5/c1-48(66)16-3-2-4-20-60-46(65)36-28-51-47(55-43(36)61(60)41-7-5-6-40(48)53-41)52-32-8-10-33(11-9-32)56-21-14-34(15-22-56)58-25-19-49(30-58)17-23-57(24-18-49)39-27-35-31(26-37(39)50)29-59(45(35)64)38-12-13-42(62)54-44(38)63/h2,4-11,26-28,34,38,66H,3,12-25,29-30H2,1H3,(H,51,52,55)(H,54,62,63)/b4-2-/t38?,48-/m1/s1. The molecule has 3 N–H and O–H groups in total. The van der Waals surface area contributed by atoms with Crippen molar-refractivity contribution in [3.05, 3.63) is 106 Å². The Hall–Kier alpha value is -6.46. The molecule has 3 aromatic heterocycles. The highest BCUT2D eigenvalue weighted by Gasteiger charge is 2.44. The minimum atomic E-state index is -1.13. The lowest BCUT2D eigenvalue weighted by molar-refractivity contribution is -0.136. The van der Waals surface area contributed by atoms with Gasteiger partial charge in [-0.3, -0.25) is 29.4 Å². The third-order valence-corrected chi connectivity index (χ3v) is 15.1. The number of benzene rings is 2. The van der Waals surface area contributed by atoms with Gasteiger partial charge in [-0.1, -0.05) is 18.2 Å².